The van der Waals surface area contributed by atoms with E-state index in [2.05, 4.69) is 24.5 Å². The molecule has 0 rings (SSSR count). The molecule has 96 valence electrons. The first-order chi connectivity index (χ1) is 7.56. The van der Waals surface area contributed by atoms with Gasteiger partial charge in [0, 0.05) is 32.2 Å². The van der Waals surface area contributed by atoms with Crippen LogP contribution in [0.3, 0.4) is 0 Å². The molecule has 1 amide bonds. The fourth-order valence-electron chi connectivity index (χ4n) is 1.35. The van der Waals surface area contributed by atoms with Gasteiger partial charge >= 0.3 is 0 Å². The molecule has 0 spiro atoms. The van der Waals surface area contributed by atoms with Gasteiger partial charge in [0.05, 0.1) is 0 Å². The van der Waals surface area contributed by atoms with E-state index in [4.69, 9.17) is 4.74 Å². The molecule has 0 aromatic carbocycles. The second-order valence-corrected chi connectivity index (χ2v) is 4.46. The van der Waals surface area contributed by atoms with Crippen LogP contribution in [0.2, 0.25) is 0 Å². The van der Waals surface area contributed by atoms with Crippen LogP contribution < -0.4 is 10.6 Å². The predicted octanol–water partition coefficient (Wildman–Crippen LogP) is 1.31. The van der Waals surface area contributed by atoms with E-state index in [0.717, 1.165) is 19.4 Å². The third-order valence-electron chi connectivity index (χ3n) is 2.30. The van der Waals surface area contributed by atoms with Crippen LogP contribution in [0, 0.1) is 0 Å². The lowest BCUT2D eigenvalue weighted by atomic mass is 10.2. The Labute approximate surface area is 99.1 Å². The average molecular weight is 230 g/mol. The average Bonchev–Trinajstić information content (AvgIpc) is 2.21. The molecule has 0 aliphatic rings. The molecule has 0 saturated heterocycles. The number of nitrogens with one attached hydrogen (secondary N) is 2. The second kappa shape index (κ2) is 9.60. The SMILES string of the molecule is COCCC(C)NC(=O)CCCNC(C)C. The molecule has 4 nitrogen and oxygen atoms in total. The lowest BCUT2D eigenvalue weighted by Gasteiger charge is -2.13. The number of carbonyl (C=O) groups is 1. The largest absolute Gasteiger partial charge is 0.385 e. The van der Waals surface area contributed by atoms with Crippen molar-refractivity contribution in [3.63, 3.8) is 0 Å². The van der Waals surface area contributed by atoms with Gasteiger partial charge in [-0.05, 0) is 26.3 Å². The van der Waals surface area contributed by atoms with E-state index >= 15 is 0 Å². The van der Waals surface area contributed by atoms with Crippen molar-refractivity contribution in [3.8, 4) is 0 Å². The van der Waals surface area contributed by atoms with Gasteiger partial charge in [-0.1, -0.05) is 13.8 Å². The molecule has 0 aliphatic carbocycles. The predicted molar refractivity (Wildman–Crippen MR) is 66.5 cm³/mol. The van der Waals surface area contributed by atoms with Gasteiger partial charge < -0.3 is 15.4 Å². The Balaban J connectivity index is 3.43. The number of hydrogen-bond donors (Lipinski definition) is 2. The molecule has 0 bridgehead atoms. The monoisotopic (exact) mass is 230 g/mol. The van der Waals surface area contributed by atoms with Crippen molar-refractivity contribution < 1.29 is 9.53 Å². The quantitative estimate of drug-likeness (QED) is 0.587. The highest BCUT2D eigenvalue weighted by Gasteiger charge is 2.06. The number of carbonyl (C=O) groups excluding carboxylic acids is 1. The van der Waals surface area contributed by atoms with Crippen LogP contribution in [0.15, 0.2) is 0 Å². The van der Waals surface area contributed by atoms with Crippen LogP contribution in [0.4, 0.5) is 0 Å². The van der Waals surface area contributed by atoms with Gasteiger partial charge in [-0.3, -0.25) is 4.79 Å². The molecule has 2 N–H and O–H groups in total. The Kier molecular flexibility index (Phi) is 9.24. The van der Waals surface area contributed by atoms with Gasteiger partial charge in [-0.25, -0.2) is 0 Å². The molecule has 0 aromatic rings. The van der Waals surface area contributed by atoms with Gasteiger partial charge in [0.25, 0.3) is 0 Å². The highest BCUT2D eigenvalue weighted by molar-refractivity contribution is 5.76. The van der Waals surface area contributed by atoms with E-state index < -0.39 is 0 Å². The maximum atomic E-state index is 11.5. The number of ether oxygens (including phenoxy) is 1. The summed E-state index contributed by atoms with van der Waals surface area (Å²) in [5.74, 6) is 0.133. The first-order valence-electron chi connectivity index (χ1n) is 6.08. The smallest absolute Gasteiger partial charge is 0.220 e. The summed E-state index contributed by atoms with van der Waals surface area (Å²) in [6.07, 6.45) is 2.35. The molecule has 1 unspecified atom stereocenters. The molecule has 0 fully saturated rings. The second-order valence-electron chi connectivity index (χ2n) is 4.46. The maximum Gasteiger partial charge on any atom is 0.220 e. The lowest BCUT2D eigenvalue weighted by Crippen LogP contribution is -2.34. The standard InChI is InChI=1S/C12H26N2O2/c1-10(2)13-8-5-6-12(15)14-11(3)7-9-16-4/h10-11,13H,5-9H2,1-4H3,(H,14,15). The molecule has 0 aromatic heterocycles. The van der Waals surface area contributed by atoms with Gasteiger partial charge in [0.1, 0.15) is 0 Å². The van der Waals surface area contributed by atoms with Gasteiger partial charge in [0.2, 0.25) is 5.91 Å². The zero-order valence-corrected chi connectivity index (χ0v) is 11.0. The molecule has 0 saturated carbocycles. The van der Waals surface area contributed by atoms with Crippen LogP contribution in [0.5, 0.6) is 0 Å². The topological polar surface area (TPSA) is 50.4 Å². The summed E-state index contributed by atoms with van der Waals surface area (Å²) in [5.41, 5.74) is 0. The van der Waals surface area contributed by atoms with E-state index in [-0.39, 0.29) is 11.9 Å². The minimum absolute atomic E-state index is 0.133. The fourth-order valence-corrected chi connectivity index (χ4v) is 1.35. The molecule has 1 atom stereocenters. The maximum absolute atomic E-state index is 11.5. The molecule has 0 radical (unpaired) electrons. The zero-order valence-electron chi connectivity index (χ0n) is 11.0. The Morgan fingerprint density at radius 3 is 2.56 bits per heavy atom. The minimum Gasteiger partial charge on any atom is -0.385 e. The van der Waals surface area contributed by atoms with Crippen molar-refractivity contribution in [2.45, 2.75) is 52.1 Å². The summed E-state index contributed by atoms with van der Waals surface area (Å²) in [6, 6.07) is 0.689. The molecular weight excluding hydrogens is 204 g/mol. The van der Waals surface area contributed by atoms with Gasteiger partial charge in [-0.15, -0.1) is 0 Å². The van der Waals surface area contributed by atoms with Crippen LogP contribution in [0.25, 0.3) is 0 Å². The highest BCUT2D eigenvalue weighted by atomic mass is 16.5. The van der Waals surface area contributed by atoms with Crippen molar-refractivity contribution in [2.24, 2.45) is 0 Å². The van der Waals surface area contributed by atoms with Crippen LogP contribution in [-0.2, 0) is 9.53 Å². The first-order valence-corrected chi connectivity index (χ1v) is 6.08. The zero-order chi connectivity index (χ0) is 12.4. The van der Waals surface area contributed by atoms with Crippen LogP contribution >= 0.6 is 0 Å². The lowest BCUT2D eigenvalue weighted by molar-refractivity contribution is -0.121. The third-order valence-corrected chi connectivity index (χ3v) is 2.30. The van der Waals surface area contributed by atoms with E-state index in [9.17, 15) is 4.79 Å². The molecule has 16 heavy (non-hydrogen) atoms. The summed E-state index contributed by atoms with van der Waals surface area (Å²) >= 11 is 0. The van der Waals surface area contributed by atoms with Crippen molar-refractivity contribution in [2.75, 3.05) is 20.3 Å². The number of amides is 1. The number of rotatable bonds is 9. The summed E-state index contributed by atoms with van der Waals surface area (Å²) in [6.45, 7) is 7.80. The molecular formula is C12H26N2O2. The van der Waals surface area contributed by atoms with E-state index in [1.165, 1.54) is 0 Å². The minimum atomic E-state index is 0.133. The van der Waals surface area contributed by atoms with Gasteiger partial charge in [0.15, 0.2) is 0 Å². The summed E-state index contributed by atoms with van der Waals surface area (Å²) in [5, 5.41) is 6.24. The van der Waals surface area contributed by atoms with Crippen molar-refractivity contribution in [3.05, 3.63) is 0 Å². The molecule has 4 heteroatoms. The molecule has 0 aliphatic heterocycles. The Morgan fingerprint density at radius 2 is 2.00 bits per heavy atom. The number of hydrogen-bond acceptors (Lipinski definition) is 3. The van der Waals surface area contributed by atoms with Crippen LogP contribution in [-0.4, -0.2) is 38.3 Å². The van der Waals surface area contributed by atoms with E-state index in [1.807, 2.05) is 6.92 Å². The van der Waals surface area contributed by atoms with Crippen molar-refractivity contribution in [1.29, 1.82) is 0 Å². The normalized spacial score (nSPS) is 12.8. The molecule has 0 heterocycles. The van der Waals surface area contributed by atoms with Crippen LogP contribution in [0.1, 0.15) is 40.0 Å². The Hall–Kier alpha value is -0.610. The van der Waals surface area contributed by atoms with E-state index in [0.29, 0.717) is 19.1 Å². The van der Waals surface area contributed by atoms with Gasteiger partial charge in [-0.2, -0.15) is 0 Å². The number of methoxy groups -OCH3 is 1. The van der Waals surface area contributed by atoms with E-state index in [1.54, 1.807) is 7.11 Å². The fraction of sp³-hybridized carbons (Fsp3) is 0.917. The summed E-state index contributed by atoms with van der Waals surface area (Å²) in [4.78, 5) is 11.5. The van der Waals surface area contributed by atoms with Crippen molar-refractivity contribution in [1.82, 2.24) is 10.6 Å². The third kappa shape index (κ3) is 9.93. The first kappa shape index (κ1) is 15.4. The summed E-state index contributed by atoms with van der Waals surface area (Å²) in [7, 11) is 1.67. The highest BCUT2D eigenvalue weighted by Crippen LogP contribution is 1.94. The Bertz CT molecular complexity index is 184. The Morgan fingerprint density at radius 1 is 1.31 bits per heavy atom. The summed E-state index contributed by atoms with van der Waals surface area (Å²) < 4.78 is 4.96. The van der Waals surface area contributed by atoms with Crippen molar-refractivity contribution >= 4 is 5.91 Å².